The van der Waals surface area contributed by atoms with E-state index in [2.05, 4.69) is 0 Å². The largest absolute Gasteiger partial charge is 0.457 e. The number of non-ortho nitro benzene ring substituents is 1. The van der Waals surface area contributed by atoms with Crippen LogP contribution in [0.15, 0.2) is 45.7 Å². The number of nitro groups is 1. The van der Waals surface area contributed by atoms with Gasteiger partial charge >= 0.3 is 0 Å². The van der Waals surface area contributed by atoms with E-state index in [1.54, 1.807) is 30.3 Å². The van der Waals surface area contributed by atoms with Gasteiger partial charge in [0.1, 0.15) is 15.8 Å². The van der Waals surface area contributed by atoms with Crippen LogP contribution in [0.2, 0.25) is 0 Å². The van der Waals surface area contributed by atoms with Gasteiger partial charge in [0.2, 0.25) is 0 Å². The minimum Gasteiger partial charge on any atom is -0.457 e. The first-order chi connectivity index (χ1) is 13.7. The topological polar surface area (TPSA) is 111 Å². The summed E-state index contributed by atoms with van der Waals surface area (Å²) < 4.78 is 29.5. The van der Waals surface area contributed by atoms with E-state index in [1.165, 1.54) is 17.0 Å². The normalized spacial score (nSPS) is 22.6. The molecule has 1 amide bonds. The molecular weight excluding hydrogens is 436 g/mol. The molecule has 1 aromatic carbocycles. The van der Waals surface area contributed by atoms with Gasteiger partial charge in [0.15, 0.2) is 9.84 Å². The Morgan fingerprint density at radius 1 is 1.24 bits per heavy atom. The molecular formula is C18H14N2O6S3. The van der Waals surface area contributed by atoms with Gasteiger partial charge in [0.25, 0.3) is 11.6 Å². The number of hydrogen-bond donors (Lipinski definition) is 0. The van der Waals surface area contributed by atoms with Crippen molar-refractivity contribution in [3.63, 3.8) is 0 Å². The molecule has 3 heterocycles. The molecule has 11 heteroatoms. The number of amides is 1. The summed E-state index contributed by atoms with van der Waals surface area (Å²) in [6.45, 7) is 0. The van der Waals surface area contributed by atoms with Crippen LogP contribution in [0.3, 0.4) is 0 Å². The third kappa shape index (κ3) is 3.98. The molecule has 4 rings (SSSR count). The summed E-state index contributed by atoms with van der Waals surface area (Å²) in [5.41, 5.74) is 0.650. The number of thiocarbonyl (C=S) groups is 1. The maximum Gasteiger partial charge on any atom is 0.269 e. The van der Waals surface area contributed by atoms with Crippen molar-refractivity contribution < 1.29 is 22.6 Å². The van der Waals surface area contributed by atoms with Crippen molar-refractivity contribution in [3.8, 4) is 11.3 Å². The second kappa shape index (κ2) is 7.39. The van der Waals surface area contributed by atoms with Gasteiger partial charge < -0.3 is 4.42 Å². The minimum atomic E-state index is -3.13. The van der Waals surface area contributed by atoms with E-state index in [9.17, 15) is 23.3 Å². The predicted molar refractivity (Wildman–Crippen MR) is 113 cm³/mol. The highest BCUT2D eigenvalue weighted by atomic mass is 32.2. The second-order valence-corrected chi connectivity index (χ2v) is 10.5. The maximum absolute atomic E-state index is 12.7. The molecule has 0 radical (unpaired) electrons. The molecule has 1 atom stereocenters. The van der Waals surface area contributed by atoms with Gasteiger partial charge in [-0.2, -0.15) is 0 Å². The van der Waals surface area contributed by atoms with Gasteiger partial charge in [0.05, 0.1) is 27.4 Å². The van der Waals surface area contributed by atoms with E-state index in [0.29, 0.717) is 32.7 Å². The Hall–Kier alpha value is -2.50. The summed E-state index contributed by atoms with van der Waals surface area (Å²) in [6.07, 6.45) is 1.95. The second-order valence-electron chi connectivity index (χ2n) is 6.61. The number of benzene rings is 1. The van der Waals surface area contributed by atoms with E-state index in [1.807, 2.05) is 0 Å². The van der Waals surface area contributed by atoms with Crippen LogP contribution < -0.4 is 0 Å². The number of thioether (sulfide) groups is 1. The first kappa shape index (κ1) is 19.8. The fourth-order valence-corrected chi connectivity index (χ4v) is 6.32. The monoisotopic (exact) mass is 450 g/mol. The van der Waals surface area contributed by atoms with E-state index < -0.39 is 20.8 Å². The number of furan rings is 1. The van der Waals surface area contributed by atoms with Crippen LogP contribution in [-0.2, 0) is 14.6 Å². The van der Waals surface area contributed by atoms with Gasteiger partial charge in [-0.05, 0) is 30.7 Å². The lowest BCUT2D eigenvalue weighted by Crippen LogP contribution is -2.39. The predicted octanol–water partition coefficient (Wildman–Crippen LogP) is 3.24. The van der Waals surface area contributed by atoms with Gasteiger partial charge in [-0.1, -0.05) is 24.0 Å². The third-order valence-corrected chi connectivity index (χ3v) is 7.74. The van der Waals surface area contributed by atoms with Gasteiger partial charge in [-0.3, -0.25) is 19.8 Å². The average molecular weight is 451 g/mol. The van der Waals surface area contributed by atoms with Crippen molar-refractivity contribution in [3.05, 3.63) is 57.2 Å². The highest BCUT2D eigenvalue weighted by molar-refractivity contribution is 8.26. The van der Waals surface area contributed by atoms with Crippen molar-refractivity contribution in [2.24, 2.45) is 0 Å². The summed E-state index contributed by atoms with van der Waals surface area (Å²) in [4.78, 5) is 24.8. The first-order valence-corrected chi connectivity index (χ1v) is 11.6. The molecule has 0 saturated carbocycles. The lowest BCUT2D eigenvalue weighted by atomic mass is 10.1. The van der Waals surface area contributed by atoms with Gasteiger partial charge in [0, 0.05) is 23.8 Å². The Bertz CT molecular complexity index is 1150. The molecule has 0 spiro atoms. The molecule has 0 N–H and O–H groups in total. The zero-order chi connectivity index (χ0) is 20.8. The molecule has 29 heavy (non-hydrogen) atoms. The Morgan fingerprint density at radius 3 is 2.59 bits per heavy atom. The van der Waals surface area contributed by atoms with Gasteiger partial charge in [-0.15, -0.1) is 0 Å². The molecule has 2 saturated heterocycles. The quantitative estimate of drug-likeness (QED) is 0.302. The molecule has 0 aliphatic carbocycles. The summed E-state index contributed by atoms with van der Waals surface area (Å²) >= 11 is 6.40. The molecule has 2 aromatic rings. The van der Waals surface area contributed by atoms with E-state index in [4.69, 9.17) is 16.6 Å². The zero-order valence-electron chi connectivity index (χ0n) is 14.8. The number of rotatable bonds is 4. The fraction of sp³-hybridized carbons (Fsp3) is 0.222. The lowest BCUT2D eigenvalue weighted by molar-refractivity contribution is -0.384. The molecule has 150 valence electrons. The average Bonchev–Trinajstić information content (AvgIpc) is 3.34. The van der Waals surface area contributed by atoms with Crippen LogP contribution in [-0.4, -0.2) is 46.0 Å². The third-order valence-electron chi connectivity index (χ3n) is 4.66. The van der Waals surface area contributed by atoms with Crippen LogP contribution in [0.25, 0.3) is 17.4 Å². The number of hydrogen-bond acceptors (Lipinski definition) is 8. The molecule has 2 aliphatic rings. The van der Waals surface area contributed by atoms with Crippen molar-refractivity contribution in [2.75, 3.05) is 11.5 Å². The Morgan fingerprint density at radius 2 is 1.97 bits per heavy atom. The number of nitrogens with zero attached hydrogens (tertiary/aromatic N) is 2. The van der Waals surface area contributed by atoms with Crippen LogP contribution in [0.1, 0.15) is 12.2 Å². The first-order valence-electron chi connectivity index (χ1n) is 8.56. The number of nitro benzene ring substituents is 1. The maximum atomic E-state index is 12.7. The molecule has 8 nitrogen and oxygen atoms in total. The summed E-state index contributed by atoms with van der Waals surface area (Å²) in [7, 11) is -3.13. The SMILES string of the molecule is O=C1/C(=C\c2ccc(-c3ccc([N+](=O)[O-])cc3)o2)SC(=S)N1[C@@H]1CCS(=O)(=O)C1. The number of carbonyl (C=O) groups excluding carboxylic acids is 1. The highest BCUT2D eigenvalue weighted by Crippen LogP contribution is 2.37. The van der Waals surface area contributed by atoms with Crippen LogP contribution in [0.4, 0.5) is 5.69 Å². The summed E-state index contributed by atoms with van der Waals surface area (Å²) in [5, 5.41) is 10.8. The van der Waals surface area contributed by atoms with Crippen LogP contribution in [0.5, 0.6) is 0 Å². The van der Waals surface area contributed by atoms with Crippen molar-refractivity contribution in [2.45, 2.75) is 12.5 Å². The fourth-order valence-electron chi connectivity index (χ4n) is 3.24. The highest BCUT2D eigenvalue weighted by Gasteiger charge is 2.42. The molecule has 2 aliphatic heterocycles. The molecule has 0 unspecified atom stereocenters. The van der Waals surface area contributed by atoms with Crippen molar-refractivity contribution in [1.82, 2.24) is 4.90 Å². The van der Waals surface area contributed by atoms with E-state index in [-0.39, 0.29) is 23.1 Å². The summed E-state index contributed by atoms with van der Waals surface area (Å²) in [6, 6.07) is 8.91. The Kier molecular flexibility index (Phi) is 5.05. The van der Waals surface area contributed by atoms with E-state index >= 15 is 0 Å². The number of sulfone groups is 1. The van der Waals surface area contributed by atoms with Crippen LogP contribution >= 0.6 is 24.0 Å². The van der Waals surface area contributed by atoms with E-state index in [0.717, 1.165) is 11.8 Å². The molecule has 0 bridgehead atoms. The zero-order valence-corrected chi connectivity index (χ0v) is 17.3. The van der Waals surface area contributed by atoms with Crippen molar-refractivity contribution in [1.29, 1.82) is 0 Å². The van der Waals surface area contributed by atoms with Crippen molar-refractivity contribution >= 4 is 55.8 Å². The number of carbonyl (C=O) groups is 1. The minimum absolute atomic E-state index is 0.0156. The van der Waals surface area contributed by atoms with Crippen LogP contribution in [0, 0.1) is 10.1 Å². The molecule has 1 aromatic heterocycles. The molecule has 2 fully saturated rings. The smallest absolute Gasteiger partial charge is 0.269 e. The van der Waals surface area contributed by atoms with Gasteiger partial charge in [-0.25, -0.2) is 8.42 Å². The Labute approximate surface area is 175 Å². The Balaban J connectivity index is 1.54. The standard InChI is InChI=1S/C18H14N2O6S3/c21-17-16(28-18(27)19(17)13-7-8-29(24,25)10-13)9-14-5-6-15(26-14)11-1-3-12(4-2-11)20(22)23/h1-6,9,13H,7-8,10H2/b16-9+/t13-/m1/s1. The summed E-state index contributed by atoms with van der Waals surface area (Å²) in [5.74, 6) is 0.597. The lowest BCUT2D eigenvalue weighted by Gasteiger charge is -2.20.